The van der Waals surface area contributed by atoms with E-state index in [2.05, 4.69) is 0 Å². The van der Waals surface area contributed by atoms with Crippen LogP contribution in [0, 0.1) is 12.7 Å². The highest BCUT2D eigenvalue weighted by Crippen LogP contribution is 2.20. The van der Waals surface area contributed by atoms with Crippen molar-refractivity contribution in [1.82, 2.24) is 4.90 Å². The number of likely N-dealkylation sites (N-methyl/N-ethyl adjacent to an activating group) is 1. The second-order valence-electron chi connectivity index (χ2n) is 5.03. The molecule has 0 bridgehead atoms. The van der Waals surface area contributed by atoms with Crippen LogP contribution in [0.4, 0.5) is 4.39 Å². The number of hydrogen-bond donors (Lipinski definition) is 1. The molecule has 116 valence electrons. The van der Waals surface area contributed by atoms with Crippen molar-refractivity contribution < 1.29 is 19.0 Å². The summed E-state index contributed by atoms with van der Waals surface area (Å²) in [5.74, 6) is -0.643. The maximum absolute atomic E-state index is 13.4. The summed E-state index contributed by atoms with van der Waals surface area (Å²) in [6, 6.07) is 11.0. The van der Waals surface area contributed by atoms with Gasteiger partial charge in [0.2, 0.25) is 0 Å². The van der Waals surface area contributed by atoms with Gasteiger partial charge in [-0.25, -0.2) is 4.39 Å². The number of benzene rings is 2. The summed E-state index contributed by atoms with van der Waals surface area (Å²) in [4.78, 5) is 13.6. The smallest absolute Gasteiger partial charge is 0.257 e. The van der Waals surface area contributed by atoms with Gasteiger partial charge in [0.05, 0.1) is 12.1 Å². The van der Waals surface area contributed by atoms with E-state index in [1.165, 1.54) is 23.1 Å². The molecule has 2 aromatic carbocycles. The Hall–Kier alpha value is -2.56. The molecule has 0 unspecified atom stereocenters. The van der Waals surface area contributed by atoms with Crippen LogP contribution in [0.5, 0.6) is 11.5 Å². The molecule has 22 heavy (non-hydrogen) atoms. The van der Waals surface area contributed by atoms with Gasteiger partial charge in [-0.05, 0) is 36.8 Å². The number of phenolic OH excluding ortho intramolecular Hbond substituents is 1. The number of nitrogens with zero attached hydrogens (tertiary/aromatic N) is 1. The quantitative estimate of drug-likeness (QED) is 0.924. The molecule has 5 heteroatoms. The highest BCUT2D eigenvalue weighted by molar-refractivity contribution is 5.96. The van der Waals surface area contributed by atoms with Crippen molar-refractivity contribution >= 4 is 5.91 Å². The summed E-state index contributed by atoms with van der Waals surface area (Å²) in [7, 11) is 1.60. The molecule has 0 radical (unpaired) electrons. The van der Waals surface area contributed by atoms with E-state index in [-0.39, 0.29) is 36.1 Å². The molecule has 0 saturated heterocycles. The first-order valence-corrected chi connectivity index (χ1v) is 6.91. The number of halogens is 1. The first-order valence-electron chi connectivity index (χ1n) is 6.91. The zero-order valence-electron chi connectivity index (χ0n) is 12.5. The molecule has 4 nitrogen and oxygen atoms in total. The minimum Gasteiger partial charge on any atom is -0.507 e. The number of para-hydroxylation sites is 1. The van der Waals surface area contributed by atoms with E-state index in [1.807, 2.05) is 6.92 Å². The number of aromatic hydroxyl groups is 1. The van der Waals surface area contributed by atoms with Crippen LogP contribution in [0.15, 0.2) is 42.5 Å². The second kappa shape index (κ2) is 6.93. The van der Waals surface area contributed by atoms with Gasteiger partial charge >= 0.3 is 0 Å². The third-order valence-electron chi connectivity index (χ3n) is 3.25. The molecular formula is C17H18FNO3. The number of ether oxygens (including phenoxy) is 1. The molecule has 0 aromatic heterocycles. The van der Waals surface area contributed by atoms with E-state index >= 15 is 0 Å². The zero-order chi connectivity index (χ0) is 16.1. The van der Waals surface area contributed by atoms with Gasteiger partial charge in [-0.1, -0.05) is 18.2 Å². The van der Waals surface area contributed by atoms with E-state index in [9.17, 15) is 14.3 Å². The molecular weight excluding hydrogens is 285 g/mol. The SMILES string of the molecule is Cc1ccc(C(=O)N(C)CCOc2ccccc2F)c(O)c1. The standard InChI is InChI=1S/C17H18FNO3/c1-12-7-8-13(15(20)11-12)17(21)19(2)9-10-22-16-6-4-3-5-14(16)18/h3-8,11,20H,9-10H2,1-2H3. The van der Waals surface area contributed by atoms with Gasteiger partial charge in [-0.2, -0.15) is 0 Å². The Morgan fingerprint density at radius 1 is 1.27 bits per heavy atom. The lowest BCUT2D eigenvalue weighted by Crippen LogP contribution is -2.31. The molecule has 0 aliphatic heterocycles. The maximum atomic E-state index is 13.4. The third-order valence-corrected chi connectivity index (χ3v) is 3.25. The Labute approximate surface area is 128 Å². The van der Waals surface area contributed by atoms with Gasteiger partial charge in [0.1, 0.15) is 12.4 Å². The molecule has 0 fully saturated rings. The fourth-order valence-electron chi connectivity index (χ4n) is 1.98. The fraction of sp³-hybridized carbons (Fsp3) is 0.235. The number of rotatable bonds is 5. The Kier molecular flexibility index (Phi) is 4.99. The Morgan fingerprint density at radius 2 is 2.00 bits per heavy atom. The van der Waals surface area contributed by atoms with Gasteiger partial charge in [0.15, 0.2) is 11.6 Å². The summed E-state index contributed by atoms with van der Waals surface area (Å²) < 4.78 is 18.7. The van der Waals surface area contributed by atoms with Crippen LogP contribution in [-0.4, -0.2) is 36.1 Å². The van der Waals surface area contributed by atoms with Crippen molar-refractivity contribution in [3.05, 3.63) is 59.4 Å². The van der Waals surface area contributed by atoms with Gasteiger partial charge < -0.3 is 14.7 Å². The number of phenols is 1. The molecule has 1 N–H and O–H groups in total. The van der Waals surface area contributed by atoms with E-state index in [0.717, 1.165) is 5.56 Å². The van der Waals surface area contributed by atoms with Crippen LogP contribution < -0.4 is 4.74 Å². The van der Waals surface area contributed by atoms with Gasteiger partial charge in [-0.3, -0.25) is 4.79 Å². The summed E-state index contributed by atoms with van der Waals surface area (Å²) in [6.45, 7) is 2.27. The number of aryl methyl sites for hydroxylation is 1. The van der Waals surface area contributed by atoms with E-state index in [4.69, 9.17) is 4.74 Å². The van der Waals surface area contributed by atoms with Gasteiger partial charge in [0.25, 0.3) is 5.91 Å². The van der Waals surface area contributed by atoms with Crippen LogP contribution in [-0.2, 0) is 0 Å². The van der Waals surface area contributed by atoms with Crippen LogP contribution in [0.2, 0.25) is 0 Å². The molecule has 2 rings (SSSR count). The molecule has 0 aliphatic carbocycles. The Bertz CT molecular complexity index is 673. The summed E-state index contributed by atoms with van der Waals surface area (Å²) >= 11 is 0. The lowest BCUT2D eigenvalue weighted by Gasteiger charge is -2.18. The summed E-state index contributed by atoms with van der Waals surface area (Å²) in [6.07, 6.45) is 0. The van der Waals surface area contributed by atoms with Crippen LogP contribution in [0.25, 0.3) is 0 Å². The predicted octanol–water partition coefficient (Wildman–Crippen LogP) is 2.99. The molecule has 0 aliphatic rings. The fourth-order valence-corrected chi connectivity index (χ4v) is 1.98. The topological polar surface area (TPSA) is 49.8 Å². The third kappa shape index (κ3) is 3.75. The van der Waals surface area contributed by atoms with Crippen LogP contribution >= 0.6 is 0 Å². The van der Waals surface area contributed by atoms with Crippen molar-refractivity contribution in [3.8, 4) is 11.5 Å². The maximum Gasteiger partial charge on any atom is 0.257 e. The Morgan fingerprint density at radius 3 is 2.68 bits per heavy atom. The average molecular weight is 303 g/mol. The van der Waals surface area contributed by atoms with E-state index < -0.39 is 5.82 Å². The molecule has 1 amide bonds. The van der Waals surface area contributed by atoms with Crippen molar-refractivity contribution in [2.45, 2.75) is 6.92 Å². The number of amides is 1. The normalized spacial score (nSPS) is 10.3. The van der Waals surface area contributed by atoms with Gasteiger partial charge in [0, 0.05) is 7.05 Å². The number of carbonyl (C=O) groups is 1. The molecule has 0 atom stereocenters. The first-order chi connectivity index (χ1) is 10.5. The average Bonchev–Trinajstić information content (AvgIpc) is 2.48. The minimum absolute atomic E-state index is 0.0492. The van der Waals surface area contributed by atoms with Crippen molar-refractivity contribution in [1.29, 1.82) is 0 Å². The minimum atomic E-state index is -0.437. The zero-order valence-corrected chi connectivity index (χ0v) is 12.5. The predicted molar refractivity (Wildman–Crippen MR) is 81.7 cm³/mol. The lowest BCUT2D eigenvalue weighted by atomic mass is 10.1. The van der Waals surface area contributed by atoms with E-state index in [0.29, 0.717) is 0 Å². The lowest BCUT2D eigenvalue weighted by molar-refractivity contribution is 0.0770. The molecule has 0 heterocycles. The monoisotopic (exact) mass is 303 g/mol. The number of carbonyl (C=O) groups excluding carboxylic acids is 1. The van der Waals surface area contributed by atoms with Crippen molar-refractivity contribution in [3.63, 3.8) is 0 Å². The first kappa shape index (κ1) is 15.8. The molecule has 2 aromatic rings. The van der Waals surface area contributed by atoms with Crippen LogP contribution in [0.3, 0.4) is 0 Å². The summed E-state index contributed by atoms with van der Waals surface area (Å²) in [5, 5.41) is 9.82. The largest absolute Gasteiger partial charge is 0.507 e. The second-order valence-corrected chi connectivity index (χ2v) is 5.03. The molecule has 0 saturated carbocycles. The highest BCUT2D eigenvalue weighted by Gasteiger charge is 2.15. The van der Waals surface area contributed by atoms with Gasteiger partial charge in [-0.15, -0.1) is 0 Å². The summed E-state index contributed by atoms with van der Waals surface area (Å²) in [5.41, 5.74) is 1.11. The highest BCUT2D eigenvalue weighted by atomic mass is 19.1. The van der Waals surface area contributed by atoms with Crippen molar-refractivity contribution in [2.75, 3.05) is 20.2 Å². The van der Waals surface area contributed by atoms with Crippen LogP contribution in [0.1, 0.15) is 15.9 Å². The number of hydrogen-bond acceptors (Lipinski definition) is 3. The molecule has 0 spiro atoms. The van der Waals surface area contributed by atoms with Crippen molar-refractivity contribution in [2.24, 2.45) is 0 Å². The van der Waals surface area contributed by atoms with E-state index in [1.54, 1.807) is 31.3 Å². The Balaban J connectivity index is 1.93.